The highest BCUT2D eigenvalue weighted by Crippen LogP contribution is 2.41. The molecule has 1 amide bonds. The van der Waals surface area contributed by atoms with Crippen molar-refractivity contribution >= 4 is 22.6 Å². The van der Waals surface area contributed by atoms with Gasteiger partial charge in [-0.2, -0.15) is 0 Å². The first-order valence-electron chi connectivity index (χ1n) is 11.5. The van der Waals surface area contributed by atoms with Gasteiger partial charge in [-0.1, -0.05) is 50.1 Å². The van der Waals surface area contributed by atoms with E-state index in [9.17, 15) is 14.0 Å². The van der Waals surface area contributed by atoms with E-state index in [-0.39, 0.29) is 22.3 Å². The fourth-order valence-electron chi connectivity index (χ4n) is 4.43. The normalized spacial score (nSPS) is 15.1. The second-order valence-corrected chi connectivity index (χ2v) is 8.36. The number of hydrogen-bond acceptors (Lipinski definition) is 4. The number of anilines is 1. The Kier molecular flexibility index (Phi) is 5.88. The third kappa shape index (κ3) is 3.85. The van der Waals surface area contributed by atoms with Gasteiger partial charge in [0.05, 0.1) is 23.6 Å². The number of fused-ring (bicyclic) bond motifs is 2. The maximum Gasteiger partial charge on any atom is 0.295 e. The molecule has 6 heteroatoms. The zero-order chi connectivity index (χ0) is 23.7. The predicted octanol–water partition coefficient (Wildman–Crippen LogP) is 6.25. The Morgan fingerprint density at radius 3 is 2.59 bits per heavy atom. The van der Waals surface area contributed by atoms with Crippen LogP contribution in [0.3, 0.4) is 0 Å². The van der Waals surface area contributed by atoms with Crippen LogP contribution in [0.4, 0.5) is 10.1 Å². The topological polar surface area (TPSA) is 59.8 Å². The van der Waals surface area contributed by atoms with Gasteiger partial charge in [-0.3, -0.25) is 14.5 Å². The summed E-state index contributed by atoms with van der Waals surface area (Å²) in [6, 6.07) is 19.6. The third-order valence-electron chi connectivity index (χ3n) is 6.06. The van der Waals surface area contributed by atoms with Crippen molar-refractivity contribution in [1.29, 1.82) is 0 Å². The van der Waals surface area contributed by atoms with E-state index in [1.807, 2.05) is 54.6 Å². The number of unbranched alkanes of at least 4 members (excludes halogenated alkanes) is 2. The minimum absolute atomic E-state index is 0.0211. The van der Waals surface area contributed by atoms with Gasteiger partial charge in [-0.25, -0.2) is 4.39 Å². The third-order valence-corrected chi connectivity index (χ3v) is 6.06. The van der Waals surface area contributed by atoms with Gasteiger partial charge in [0, 0.05) is 5.69 Å². The summed E-state index contributed by atoms with van der Waals surface area (Å²) in [5.41, 5.74) is 1.32. The largest absolute Gasteiger partial charge is 0.494 e. The standard InChI is InChI=1S/C28H24FNO4/c1-2-3-7-15-33-21-12-8-9-18(16-21)25-24-26(31)22-17-19(29)13-14-23(22)34-27(24)28(32)30(25)20-10-5-4-6-11-20/h4-6,8-14,16-17,25H,2-3,7,15H2,1H3. The van der Waals surface area contributed by atoms with Crippen LogP contribution < -0.4 is 15.1 Å². The van der Waals surface area contributed by atoms with E-state index in [4.69, 9.17) is 9.15 Å². The maximum absolute atomic E-state index is 14.0. The molecule has 0 spiro atoms. The molecule has 0 fully saturated rings. The molecule has 2 heterocycles. The Balaban J connectivity index is 1.67. The van der Waals surface area contributed by atoms with Crippen LogP contribution in [0.1, 0.15) is 53.9 Å². The van der Waals surface area contributed by atoms with E-state index >= 15 is 0 Å². The summed E-state index contributed by atoms with van der Waals surface area (Å²) in [7, 11) is 0. The Morgan fingerprint density at radius 2 is 1.79 bits per heavy atom. The Morgan fingerprint density at radius 1 is 0.971 bits per heavy atom. The number of hydrogen-bond donors (Lipinski definition) is 0. The summed E-state index contributed by atoms with van der Waals surface area (Å²) < 4.78 is 25.8. The lowest BCUT2D eigenvalue weighted by molar-refractivity contribution is 0.0971. The molecule has 1 aliphatic heterocycles. The zero-order valence-corrected chi connectivity index (χ0v) is 18.8. The first-order valence-corrected chi connectivity index (χ1v) is 11.5. The molecule has 0 aliphatic carbocycles. The van der Waals surface area contributed by atoms with Gasteiger partial charge in [-0.05, 0) is 54.4 Å². The Bertz CT molecular complexity index is 1410. The smallest absolute Gasteiger partial charge is 0.295 e. The summed E-state index contributed by atoms with van der Waals surface area (Å²) in [4.78, 5) is 28.7. The zero-order valence-electron chi connectivity index (χ0n) is 18.8. The lowest BCUT2D eigenvalue weighted by atomic mass is 9.98. The average molecular weight is 458 g/mol. The van der Waals surface area contributed by atoms with E-state index in [0.29, 0.717) is 23.6 Å². The van der Waals surface area contributed by atoms with Crippen LogP contribution in [-0.2, 0) is 0 Å². The Hall–Kier alpha value is -3.93. The number of carbonyl (C=O) groups excluding carboxylic acids is 1. The van der Waals surface area contributed by atoms with Gasteiger partial charge in [0.2, 0.25) is 5.76 Å². The van der Waals surface area contributed by atoms with Crippen molar-refractivity contribution in [2.75, 3.05) is 11.5 Å². The molecule has 0 bridgehead atoms. The van der Waals surface area contributed by atoms with Gasteiger partial charge >= 0.3 is 0 Å². The molecule has 1 aromatic heterocycles. The number of ether oxygens (including phenoxy) is 1. The molecule has 1 unspecified atom stereocenters. The molecule has 0 saturated carbocycles. The molecular formula is C28H24FNO4. The molecule has 34 heavy (non-hydrogen) atoms. The minimum Gasteiger partial charge on any atom is -0.494 e. The molecule has 5 rings (SSSR count). The molecule has 4 aromatic rings. The molecule has 0 N–H and O–H groups in total. The first-order chi connectivity index (χ1) is 16.6. The molecule has 172 valence electrons. The van der Waals surface area contributed by atoms with E-state index < -0.39 is 23.2 Å². The summed E-state index contributed by atoms with van der Waals surface area (Å²) in [6.07, 6.45) is 3.13. The van der Waals surface area contributed by atoms with Crippen molar-refractivity contribution in [3.63, 3.8) is 0 Å². The lowest BCUT2D eigenvalue weighted by Crippen LogP contribution is -2.29. The highest BCUT2D eigenvalue weighted by molar-refractivity contribution is 6.10. The van der Waals surface area contributed by atoms with Gasteiger partial charge in [-0.15, -0.1) is 0 Å². The number of nitrogens with zero attached hydrogens (tertiary/aromatic N) is 1. The van der Waals surface area contributed by atoms with Crippen LogP contribution in [0.5, 0.6) is 5.75 Å². The van der Waals surface area contributed by atoms with Gasteiger partial charge in [0.25, 0.3) is 5.91 Å². The molecule has 3 aromatic carbocycles. The van der Waals surface area contributed by atoms with E-state index in [1.165, 1.54) is 12.1 Å². The SMILES string of the molecule is CCCCCOc1cccc(C2c3c(oc4ccc(F)cc4c3=O)C(=O)N2c2ccccc2)c1. The molecule has 0 saturated heterocycles. The van der Waals surface area contributed by atoms with Crippen molar-refractivity contribution in [1.82, 2.24) is 0 Å². The molecular weight excluding hydrogens is 433 g/mol. The lowest BCUT2D eigenvalue weighted by Gasteiger charge is -2.25. The van der Waals surface area contributed by atoms with Gasteiger partial charge in [0.15, 0.2) is 5.43 Å². The number of benzene rings is 3. The number of carbonyl (C=O) groups is 1. The van der Waals surface area contributed by atoms with Gasteiger partial charge < -0.3 is 9.15 Å². The average Bonchev–Trinajstić information content (AvgIpc) is 3.15. The fourth-order valence-corrected chi connectivity index (χ4v) is 4.43. The minimum atomic E-state index is -0.729. The second kappa shape index (κ2) is 9.14. The predicted molar refractivity (Wildman–Crippen MR) is 129 cm³/mol. The molecule has 5 nitrogen and oxygen atoms in total. The summed E-state index contributed by atoms with van der Waals surface area (Å²) in [5.74, 6) is -0.308. The second-order valence-electron chi connectivity index (χ2n) is 8.36. The number of halogens is 1. The summed E-state index contributed by atoms with van der Waals surface area (Å²) in [6.45, 7) is 2.72. The number of amides is 1. The first kappa shape index (κ1) is 21.9. The molecule has 1 atom stereocenters. The van der Waals surface area contributed by atoms with Crippen LogP contribution in [0.25, 0.3) is 11.0 Å². The maximum atomic E-state index is 14.0. The van der Waals surface area contributed by atoms with Crippen LogP contribution in [0.15, 0.2) is 82.0 Å². The van der Waals surface area contributed by atoms with Crippen molar-refractivity contribution < 1.29 is 18.3 Å². The number of rotatable bonds is 7. The van der Waals surface area contributed by atoms with Crippen LogP contribution in [0, 0.1) is 5.82 Å². The monoisotopic (exact) mass is 457 g/mol. The highest BCUT2D eigenvalue weighted by atomic mass is 19.1. The van der Waals surface area contributed by atoms with E-state index in [2.05, 4.69) is 6.92 Å². The molecule has 0 radical (unpaired) electrons. The van der Waals surface area contributed by atoms with Crippen LogP contribution in [-0.4, -0.2) is 12.5 Å². The van der Waals surface area contributed by atoms with Gasteiger partial charge in [0.1, 0.15) is 17.1 Å². The summed E-state index contributed by atoms with van der Waals surface area (Å²) in [5, 5.41) is 0.110. The van der Waals surface area contributed by atoms with Crippen molar-refractivity contribution in [2.45, 2.75) is 32.2 Å². The van der Waals surface area contributed by atoms with Crippen LogP contribution >= 0.6 is 0 Å². The molecule has 1 aliphatic rings. The van der Waals surface area contributed by atoms with Crippen molar-refractivity contribution in [2.24, 2.45) is 0 Å². The number of para-hydroxylation sites is 1. The fraction of sp³-hybridized carbons (Fsp3) is 0.214. The Labute approximate surface area is 196 Å². The van der Waals surface area contributed by atoms with Crippen LogP contribution in [0.2, 0.25) is 0 Å². The summed E-state index contributed by atoms with van der Waals surface area (Å²) >= 11 is 0. The van der Waals surface area contributed by atoms with Crippen molar-refractivity contribution in [3.8, 4) is 5.75 Å². The quantitative estimate of drug-likeness (QED) is 0.308. The van der Waals surface area contributed by atoms with E-state index in [1.54, 1.807) is 4.90 Å². The van der Waals surface area contributed by atoms with Crippen molar-refractivity contribution in [3.05, 3.63) is 106 Å². The van der Waals surface area contributed by atoms with E-state index in [0.717, 1.165) is 25.3 Å². The highest BCUT2D eigenvalue weighted by Gasteiger charge is 2.43.